The van der Waals surface area contributed by atoms with Gasteiger partial charge in [0.25, 0.3) is 0 Å². The van der Waals surface area contributed by atoms with Gasteiger partial charge in [0.1, 0.15) is 5.75 Å². The van der Waals surface area contributed by atoms with Crippen LogP contribution >= 0.6 is 23.4 Å². The molecular weight excluding hydrogens is 368 g/mol. The Kier molecular flexibility index (Phi) is 4.77. The molecule has 26 heavy (non-hydrogen) atoms. The molecule has 0 saturated heterocycles. The summed E-state index contributed by atoms with van der Waals surface area (Å²) in [6.07, 6.45) is 0. The molecule has 0 aliphatic heterocycles. The molecule has 2 aromatic carbocycles. The lowest BCUT2D eigenvalue weighted by atomic mass is 10.1. The highest BCUT2D eigenvalue weighted by atomic mass is 35.5. The zero-order valence-corrected chi connectivity index (χ0v) is 15.5. The number of thioether (sulfide) groups is 1. The Bertz CT molecular complexity index is 1050. The smallest absolute Gasteiger partial charge is 0.212 e. The standard InChI is InChI=1S/C19H15ClN4OS/c1-25-16-7-5-14(6-8-16)17-9-10-18-21-22-19(24(18)23-17)26-12-13-3-2-4-15(20)11-13/h2-11H,12H2,1H3. The van der Waals surface area contributed by atoms with Crippen molar-refractivity contribution < 1.29 is 4.74 Å². The fourth-order valence-electron chi connectivity index (χ4n) is 2.55. The Labute approximate surface area is 160 Å². The van der Waals surface area contributed by atoms with Gasteiger partial charge in [-0.1, -0.05) is 35.5 Å². The minimum Gasteiger partial charge on any atom is -0.497 e. The molecule has 4 aromatic rings. The zero-order chi connectivity index (χ0) is 17.9. The minimum absolute atomic E-state index is 0.718. The van der Waals surface area contributed by atoms with Crippen LogP contribution in [0.2, 0.25) is 5.02 Å². The number of aromatic nitrogens is 4. The van der Waals surface area contributed by atoms with Gasteiger partial charge in [-0.3, -0.25) is 0 Å². The Morgan fingerprint density at radius 3 is 2.65 bits per heavy atom. The Balaban J connectivity index is 1.61. The van der Waals surface area contributed by atoms with E-state index in [1.165, 1.54) is 0 Å². The van der Waals surface area contributed by atoms with Gasteiger partial charge in [0.15, 0.2) is 5.65 Å². The normalized spacial score (nSPS) is 11.0. The third-order valence-corrected chi connectivity index (χ3v) is 5.10. The van der Waals surface area contributed by atoms with Gasteiger partial charge in [0, 0.05) is 16.3 Å². The predicted molar refractivity (Wildman–Crippen MR) is 104 cm³/mol. The van der Waals surface area contributed by atoms with Gasteiger partial charge >= 0.3 is 0 Å². The third-order valence-electron chi connectivity index (χ3n) is 3.88. The zero-order valence-electron chi connectivity index (χ0n) is 14.0. The van der Waals surface area contributed by atoms with Crippen molar-refractivity contribution in [2.24, 2.45) is 0 Å². The summed E-state index contributed by atoms with van der Waals surface area (Å²) in [5.41, 5.74) is 3.71. The van der Waals surface area contributed by atoms with Gasteiger partial charge < -0.3 is 4.74 Å². The summed E-state index contributed by atoms with van der Waals surface area (Å²) < 4.78 is 6.98. The molecular formula is C19H15ClN4OS. The number of rotatable bonds is 5. The summed E-state index contributed by atoms with van der Waals surface area (Å²) in [7, 11) is 1.65. The highest BCUT2D eigenvalue weighted by Gasteiger charge is 2.10. The van der Waals surface area contributed by atoms with Crippen molar-refractivity contribution in [2.75, 3.05) is 7.11 Å². The van der Waals surface area contributed by atoms with Gasteiger partial charge in [-0.25, -0.2) is 0 Å². The number of nitrogens with zero attached hydrogens (tertiary/aromatic N) is 4. The monoisotopic (exact) mass is 382 g/mol. The largest absolute Gasteiger partial charge is 0.497 e. The average Bonchev–Trinajstić information content (AvgIpc) is 3.09. The third kappa shape index (κ3) is 3.52. The molecule has 0 unspecified atom stereocenters. The van der Waals surface area contributed by atoms with Crippen molar-refractivity contribution in [3.8, 4) is 17.0 Å². The lowest BCUT2D eigenvalue weighted by molar-refractivity contribution is 0.415. The SMILES string of the molecule is COc1ccc(-c2ccc3nnc(SCc4cccc(Cl)c4)n3n2)cc1. The van der Waals surface area contributed by atoms with Gasteiger partial charge in [0.05, 0.1) is 12.8 Å². The first kappa shape index (κ1) is 16.9. The second kappa shape index (κ2) is 7.35. The Morgan fingerprint density at radius 1 is 1.04 bits per heavy atom. The summed E-state index contributed by atoms with van der Waals surface area (Å²) in [6, 6.07) is 19.5. The highest BCUT2D eigenvalue weighted by Crippen LogP contribution is 2.25. The summed E-state index contributed by atoms with van der Waals surface area (Å²) in [5, 5.41) is 14.6. The maximum Gasteiger partial charge on any atom is 0.212 e. The van der Waals surface area contributed by atoms with Crippen molar-refractivity contribution in [3.05, 3.63) is 71.2 Å². The van der Waals surface area contributed by atoms with E-state index in [0.717, 1.165) is 44.1 Å². The molecule has 2 heterocycles. The van der Waals surface area contributed by atoms with E-state index >= 15 is 0 Å². The van der Waals surface area contributed by atoms with E-state index in [9.17, 15) is 0 Å². The predicted octanol–water partition coefficient (Wildman–Crippen LogP) is 4.75. The first-order valence-corrected chi connectivity index (χ1v) is 9.33. The van der Waals surface area contributed by atoms with Gasteiger partial charge in [0.2, 0.25) is 5.16 Å². The average molecular weight is 383 g/mol. The Hall–Kier alpha value is -2.57. The molecule has 0 fully saturated rings. The van der Waals surface area contributed by atoms with E-state index in [-0.39, 0.29) is 0 Å². The quantitative estimate of drug-likeness (QED) is 0.466. The van der Waals surface area contributed by atoms with Gasteiger partial charge in [-0.2, -0.15) is 9.61 Å². The minimum atomic E-state index is 0.718. The van der Waals surface area contributed by atoms with Crippen LogP contribution in [0.1, 0.15) is 5.56 Å². The molecule has 2 aromatic heterocycles. The first-order chi connectivity index (χ1) is 12.7. The molecule has 0 spiro atoms. The topological polar surface area (TPSA) is 52.3 Å². The molecule has 0 amide bonds. The molecule has 0 bridgehead atoms. The van der Waals surface area contributed by atoms with E-state index < -0.39 is 0 Å². The molecule has 0 N–H and O–H groups in total. The fraction of sp³-hybridized carbons (Fsp3) is 0.105. The van der Waals surface area contributed by atoms with Crippen molar-refractivity contribution in [3.63, 3.8) is 0 Å². The van der Waals surface area contributed by atoms with E-state index in [4.69, 9.17) is 21.4 Å². The van der Waals surface area contributed by atoms with Crippen LogP contribution in [-0.2, 0) is 5.75 Å². The highest BCUT2D eigenvalue weighted by molar-refractivity contribution is 7.98. The lowest BCUT2D eigenvalue weighted by Gasteiger charge is -2.05. The number of benzene rings is 2. The van der Waals surface area contributed by atoms with E-state index in [1.807, 2.05) is 60.7 Å². The number of fused-ring (bicyclic) bond motifs is 1. The maximum atomic E-state index is 6.05. The molecule has 0 saturated carbocycles. The summed E-state index contributed by atoms with van der Waals surface area (Å²) >= 11 is 7.62. The number of methoxy groups -OCH3 is 1. The second-order valence-electron chi connectivity index (χ2n) is 5.62. The van der Waals surface area contributed by atoms with Crippen LogP contribution in [0.4, 0.5) is 0 Å². The lowest BCUT2D eigenvalue weighted by Crippen LogP contribution is -1.96. The summed E-state index contributed by atoms with van der Waals surface area (Å²) in [4.78, 5) is 0. The Morgan fingerprint density at radius 2 is 1.88 bits per heavy atom. The van der Waals surface area contributed by atoms with Crippen LogP contribution < -0.4 is 4.74 Å². The van der Waals surface area contributed by atoms with Crippen LogP contribution in [0, 0.1) is 0 Å². The summed E-state index contributed by atoms with van der Waals surface area (Å²) in [6.45, 7) is 0. The molecule has 0 radical (unpaired) electrons. The molecule has 0 atom stereocenters. The number of halogens is 1. The van der Waals surface area contributed by atoms with Gasteiger partial charge in [-0.05, 0) is 54.1 Å². The number of hydrogen-bond acceptors (Lipinski definition) is 5. The van der Waals surface area contributed by atoms with Crippen LogP contribution in [-0.4, -0.2) is 26.9 Å². The van der Waals surface area contributed by atoms with Gasteiger partial charge in [-0.15, -0.1) is 10.2 Å². The molecule has 4 rings (SSSR count). The van der Waals surface area contributed by atoms with Crippen molar-refractivity contribution >= 4 is 29.0 Å². The fourth-order valence-corrected chi connectivity index (χ4v) is 3.59. The van der Waals surface area contributed by atoms with E-state index in [0.29, 0.717) is 0 Å². The molecule has 130 valence electrons. The van der Waals surface area contributed by atoms with Crippen LogP contribution in [0.3, 0.4) is 0 Å². The van der Waals surface area contributed by atoms with Crippen LogP contribution in [0.15, 0.2) is 65.8 Å². The van der Waals surface area contributed by atoms with Crippen molar-refractivity contribution in [1.82, 2.24) is 19.8 Å². The molecule has 7 heteroatoms. The van der Waals surface area contributed by atoms with Crippen molar-refractivity contribution in [1.29, 1.82) is 0 Å². The molecule has 0 aliphatic rings. The number of ether oxygens (including phenoxy) is 1. The van der Waals surface area contributed by atoms with E-state index in [1.54, 1.807) is 23.4 Å². The maximum absolute atomic E-state index is 6.05. The number of hydrogen-bond donors (Lipinski definition) is 0. The van der Waals surface area contributed by atoms with E-state index in [2.05, 4.69) is 10.2 Å². The second-order valence-corrected chi connectivity index (χ2v) is 7.00. The van der Waals surface area contributed by atoms with Crippen LogP contribution in [0.25, 0.3) is 16.9 Å². The molecule has 0 aliphatic carbocycles. The van der Waals surface area contributed by atoms with Crippen molar-refractivity contribution in [2.45, 2.75) is 10.9 Å². The first-order valence-electron chi connectivity index (χ1n) is 7.97. The molecule has 5 nitrogen and oxygen atoms in total. The van der Waals surface area contributed by atoms with Crippen LogP contribution in [0.5, 0.6) is 5.75 Å². The summed E-state index contributed by atoms with van der Waals surface area (Å²) in [5.74, 6) is 1.56.